The molecule has 0 amide bonds. The Morgan fingerprint density at radius 3 is 1.66 bits per heavy atom. The van der Waals surface area contributed by atoms with E-state index in [1.54, 1.807) is 4.68 Å². The number of carbonyl (C=O) groups is 1. The molecule has 0 saturated heterocycles. The number of nitrogens with two attached hydrogens (primary N) is 1. The molecule has 0 spiro atoms. The number of hydrogen-bond acceptors (Lipinski definition) is 13. The Morgan fingerprint density at radius 1 is 0.727 bits per heavy atom. The average Bonchev–Trinajstić information content (AvgIpc) is 3.50. The monoisotopic (exact) mass is 629 g/mol. The maximum absolute atomic E-state index is 10.6. The van der Waals surface area contributed by atoms with E-state index >= 15 is 0 Å². The molecule has 1 heterocycles. The summed E-state index contributed by atoms with van der Waals surface area (Å²) in [6.07, 6.45) is 10.2. The van der Waals surface area contributed by atoms with Crippen molar-refractivity contribution in [2.45, 2.75) is 45.6 Å². The topological polar surface area (TPSA) is 160 Å². The van der Waals surface area contributed by atoms with Gasteiger partial charge >= 0.3 is 0 Å². The number of unbranched alkanes of at least 4 members (excludes halogenated alkanes) is 2. The maximum atomic E-state index is 10.6. The van der Waals surface area contributed by atoms with Gasteiger partial charge in [0.2, 0.25) is 0 Å². The van der Waals surface area contributed by atoms with Gasteiger partial charge in [-0.25, -0.2) is 4.68 Å². The number of ether oxygens (including phenoxy) is 8. The van der Waals surface area contributed by atoms with E-state index in [-0.39, 0.29) is 0 Å². The Labute approximate surface area is 262 Å². The molecule has 1 aromatic heterocycles. The van der Waals surface area contributed by atoms with Crippen molar-refractivity contribution >= 4 is 12.5 Å². The van der Waals surface area contributed by atoms with Crippen LogP contribution in [0.5, 0.6) is 0 Å². The minimum absolute atomic E-state index is 0.377. The Kier molecular flexibility index (Phi) is 29.0. The van der Waals surface area contributed by atoms with E-state index in [9.17, 15) is 4.79 Å². The van der Waals surface area contributed by atoms with Crippen molar-refractivity contribution in [2.75, 3.05) is 112 Å². The van der Waals surface area contributed by atoms with Gasteiger partial charge in [0.1, 0.15) is 0 Å². The maximum Gasteiger partial charge on any atom is 0.153 e. The van der Waals surface area contributed by atoms with E-state index < -0.39 is 0 Å². The molecule has 44 heavy (non-hydrogen) atoms. The van der Waals surface area contributed by atoms with E-state index in [2.05, 4.69) is 22.2 Å². The highest BCUT2D eigenvalue weighted by atomic mass is 16.6. The van der Waals surface area contributed by atoms with E-state index in [1.807, 2.05) is 6.20 Å². The molecule has 1 aromatic rings. The first kappa shape index (κ1) is 39.7. The number of rotatable bonds is 34. The molecule has 0 bridgehead atoms. The van der Waals surface area contributed by atoms with Gasteiger partial charge in [-0.3, -0.25) is 9.79 Å². The van der Waals surface area contributed by atoms with Crippen LogP contribution >= 0.6 is 0 Å². The first-order valence-corrected chi connectivity index (χ1v) is 15.7. The van der Waals surface area contributed by atoms with Gasteiger partial charge in [0.15, 0.2) is 6.29 Å². The van der Waals surface area contributed by atoms with Crippen molar-refractivity contribution in [3.05, 3.63) is 23.7 Å². The van der Waals surface area contributed by atoms with Crippen LogP contribution in [0, 0.1) is 0 Å². The number of allylic oxidation sites excluding steroid dienone is 1. The van der Waals surface area contributed by atoms with Gasteiger partial charge < -0.3 is 43.6 Å². The third-order valence-corrected chi connectivity index (χ3v) is 5.84. The van der Waals surface area contributed by atoms with Gasteiger partial charge in [-0.1, -0.05) is 18.6 Å². The second-order valence-electron chi connectivity index (χ2n) is 9.50. The summed E-state index contributed by atoms with van der Waals surface area (Å²) in [7, 11) is 0. The Morgan fingerprint density at radius 2 is 1.20 bits per heavy atom. The molecular weight excluding hydrogens is 574 g/mol. The van der Waals surface area contributed by atoms with Crippen molar-refractivity contribution < 1.29 is 42.7 Å². The normalized spacial score (nSPS) is 12.1. The van der Waals surface area contributed by atoms with Crippen molar-refractivity contribution in [2.24, 2.45) is 10.7 Å². The van der Waals surface area contributed by atoms with Gasteiger partial charge in [0.05, 0.1) is 111 Å². The average molecular weight is 630 g/mol. The Hall–Kier alpha value is -2.30. The minimum atomic E-state index is 0.377. The number of hydrogen-bond donors (Lipinski definition) is 1. The molecule has 0 atom stereocenters. The fraction of sp³-hybridized carbons (Fsp3) is 0.800. The minimum Gasteiger partial charge on any atom is -0.404 e. The molecule has 0 aromatic carbocycles. The van der Waals surface area contributed by atoms with Crippen LogP contribution in [0.3, 0.4) is 0 Å². The third-order valence-electron chi connectivity index (χ3n) is 5.84. The van der Waals surface area contributed by atoms with Gasteiger partial charge in [0, 0.05) is 37.3 Å². The van der Waals surface area contributed by atoms with Crippen LogP contribution in [0.2, 0.25) is 0 Å². The lowest BCUT2D eigenvalue weighted by molar-refractivity contribution is -0.104. The van der Waals surface area contributed by atoms with Crippen LogP contribution in [0.1, 0.15) is 38.3 Å². The lowest BCUT2D eigenvalue weighted by atomic mass is 10.2. The summed E-state index contributed by atoms with van der Waals surface area (Å²) in [5.41, 5.74) is 6.61. The third kappa shape index (κ3) is 26.1. The quantitative estimate of drug-likeness (QED) is 0.0509. The largest absolute Gasteiger partial charge is 0.404 e. The zero-order valence-corrected chi connectivity index (χ0v) is 26.6. The van der Waals surface area contributed by atoms with Gasteiger partial charge in [0.25, 0.3) is 0 Å². The Bertz CT molecular complexity index is 827. The summed E-state index contributed by atoms with van der Waals surface area (Å²) in [5, 5.41) is 8.31. The van der Waals surface area contributed by atoms with Crippen molar-refractivity contribution in [3.8, 4) is 0 Å². The Balaban J connectivity index is 1.76. The van der Waals surface area contributed by atoms with Crippen LogP contribution in [0.15, 0.2) is 23.0 Å². The molecule has 0 fully saturated rings. The fourth-order valence-corrected chi connectivity index (χ4v) is 3.40. The standard InChI is InChI=1S/C30H55N5O9/c1-2-3-9-37-11-13-39-15-17-41-19-21-43-23-24-44-22-20-42-18-16-40-14-12-38-10-8-35-27-30(33-34-35)6-4-5-7-32-26-29(25-31)28-36/h25-28H,2-24,31H2,1H3/b29-25+,32-26?. The zero-order valence-electron chi connectivity index (χ0n) is 26.6. The second kappa shape index (κ2) is 32.1. The molecule has 0 unspecified atom stereocenters. The molecular formula is C30H55N5O9. The number of nitrogens with zero attached hydrogens (tertiary/aromatic N) is 4. The molecule has 14 heteroatoms. The van der Waals surface area contributed by atoms with Crippen LogP contribution in [-0.2, 0) is 55.7 Å². The number of aryl methyl sites for hydroxylation is 1. The summed E-state index contributed by atoms with van der Waals surface area (Å²) in [4.78, 5) is 14.8. The van der Waals surface area contributed by atoms with Gasteiger partial charge in [-0.15, -0.1) is 5.10 Å². The smallest absolute Gasteiger partial charge is 0.153 e. The fourth-order valence-electron chi connectivity index (χ4n) is 3.40. The van der Waals surface area contributed by atoms with Gasteiger partial charge in [-0.05, 0) is 25.7 Å². The first-order chi connectivity index (χ1) is 21.8. The number of aromatic nitrogens is 3. The highest BCUT2D eigenvalue weighted by Crippen LogP contribution is 2.01. The van der Waals surface area contributed by atoms with Crippen LogP contribution in [0.4, 0.5) is 0 Å². The van der Waals surface area contributed by atoms with Gasteiger partial charge in [-0.2, -0.15) is 0 Å². The molecule has 0 aliphatic carbocycles. The molecule has 0 aliphatic rings. The predicted octanol–water partition coefficient (Wildman–Crippen LogP) is 1.65. The van der Waals surface area contributed by atoms with E-state index in [4.69, 9.17) is 43.6 Å². The van der Waals surface area contributed by atoms with Crippen LogP contribution in [-0.4, -0.2) is 140 Å². The molecule has 254 valence electrons. The van der Waals surface area contributed by atoms with E-state index in [1.165, 1.54) is 12.4 Å². The number of aldehydes is 1. The van der Waals surface area contributed by atoms with Crippen LogP contribution < -0.4 is 5.73 Å². The summed E-state index contributed by atoms with van der Waals surface area (Å²) >= 11 is 0. The lowest BCUT2D eigenvalue weighted by Gasteiger charge is -2.08. The van der Waals surface area contributed by atoms with E-state index in [0.717, 1.165) is 44.4 Å². The molecule has 2 N–H and O–H groups in total. The molecule has 14 nitrogen and oxygen atoms in total. The summed E-state index contributed by atoms with van der Waals surface area (Å²) in [5.74, 6) is 0. The first-order valence-electron chi connectivity index (χ1n) is 15.7. The molecule has 0 saturated carbocycles. The number of carbonyl (C=O) groups excluding carboxylic acids is 1. The SMILES string of the molecule is CCCCOCCOCCOCCOCCOCCOCCOCCOCCn1cc(CCCCN=C/C(C=O)=C\N)nn1. The molecule has 0 radical (unpaired) electrons. The summed E-state index contributed by atoms with van der Waals surface area (Å²) < 4.78 is 45.7. The summed E-state index contributed by atoms with van der Waals surface area (Å²) in [6, 6.07) is 0. The number of aliphatic imine (C=N–C) groups is 1. The van der Waals surface area contributed by atoms with Crippen LogP contribution in [0.25, 0.3) is 0 Å². The predicted molar refractivity (Wildman–Crippen MR) is 166 cm³/mol. The van der Waals surface area contributed by atoms with Crippen molar-refractivity contribution in [3.63, 3.8) is 0 Å². The highest BCUT2D eigenvalue weighted by Gasteiger charge is 2.01. The zero-order chi connectivity index (χ0) is 31.6. The highest BCUT2D eigenvalue weighted by molar-refractivity contribution is 6.01. The van der Waals surface area contributed by atoms with E-state index in [0.29, 0.717) is 124 Å². The lowest BCUT2D eigenvalue weighted by Crippen LogP contribution is -2.15. The molecule has 0 aliphatic heterocycles. The van der Waals surface area contributed by atoms with Crippen molar-refractivity contribution in [1.29, 1.82) is 0 Å². The second-order valence-corrected chi connectivity index (χ2v) is 9.50. The molecule has 1 rings (SSSR count). The summed E-state index contributed by atoms with van der Waals surface area (Å²) in [6.45, 7) is 12.2. The van der Waals surface area contributed by atoms with Crippen molar-refractivity contribution in [1.82, 2.24) is 15.0 Å².